The predicted molar refractivity (Wildman–Crippen MR) is 85.9 cm³/mol. The lowest BCUT2D eigenvalue weighted by Crippen LogP contribution is -2.43. The first-order chi connectivity index (χ1) is 10.8. The molecule has 4 nitrogen and oxygen atoms in total. The van der Waals surface area contributed by atoms with Gasteiger partial charge in [-0.1, -0.05) is 36.4 Å². The van der Waals surface area contributed by atoms with E-state index in [1.807, 2.05) is 53.6 Å². The quantitative estimate of drug-likeness (QED) is 0.947. The van der Waals surface area contributed by atoms with Crippen molar-refractivity contribution in [2.75, 3.05) is 6.54 Å². The van der Waals surface area contributed by atoms with Crippen LogP contribution in [0.5, 0.6) is 0 Å². The van der Waals surface area contributed by atoms with Gasteiger partial charge in [-0.25, -0.2) is 0 Å². The Labute approximate surface area is 131 Å². The van der Waals surface area contributed by atoms with E-state index in [1.54, 1.807) is 6.20 Å². The van der Waals surface area contributed by atoms with Gasteiger partial charge in [-0.2, -0.15) is 0 Å². The summed E-state index contributed by atoms with van der Waals surface area (Å²) < 4.78 is 0. The van der Waals surface area contributed by atoms with Crippen molar-refractivity contribution in [1.29, 1.82) is 0 Å². The summed E-state index contributed by atoms with van der Waals surface area (Å²) in [4.78, 5) is 19.0. The molecule has 0 unspecified atom stereocenters. The number of piperidine rings is 1. The van der Waals surface area contributed by atoms with E-state index in [2.05, 4.69) is 4.98 Å². The van der Waals surface area contributed by atoms with Gasteiger partial charge >= 0.3 is 0 Å². The highest BCUT2D eigenvalue weighted by molar-refractivity contribution is 5.83. The Morgan fingerprint density at radius 1 is 1.18 bits per heavy atom. The molecule has 1 fully saturated rings. The Kier molecular flexibility index (Phi) is 4.49. The third-order valence-electron chi connectivity index (χ3n) is 4.28. The summed E-state index contributed by atoms with van der Waals surface area (Å²) in [6, 6.07) is 13.0. The van der Waals surface area contributed by atoms with Gasteiger partial charge in [0.15, 0.2) is 0 Å². The molecule has 1 aromatic heterocycles. The molecule has 22 heavy (non-hydrogen) atoms. The number of carbonyl (C=O) groups excluding carboxylic acids is 1. The van der Waals surface area contributed by atoms with Crippen molar-refractivity contribution in [3.8, 4) is 0 Å². The predicted octanol–water partition coefficient (Wildman–Crippen LogP) is 2.84. The monoisotopic (exact) mass is 295 g/mol. The highest BCUT2D eigenvalue weighted by Gasteiger charge is 2.31. The molecule has 0 bridgehead atoms. The summed E-state index contributed by atoms with van der Waals surface area (Å²) in [6.45, 7) is 0.763. The lowest BCUT2D eigenvalue weighted by molar-refractivity contribution is -0.136. The molecule has 1 amide bonds. The molecule has 1 aromatic carbocycles. The average molecular weight is 295 g/mol. The normalized spacial score (nSPS) is 19.7. The molecule has 2 atom stereocenters. The van der Waals surface area contributed by atoms with Gasteiger partial charge in [-0.15, -0.1) is 0 Å². The molecule has 0 radical (unpaired) electrons. The van der Waals surface area contributed by atoms with E-state index in [4.69, 9.17) is 5.73 Å². The fraction of sp³-hybridized carbons (Fsp3) is 0.333. The van der Waals surface area contributed by atoms with Crippen LogP contribution in [0.25, 0.3) is 0 Å². The lowest BCUT2D eigenvalue weighted by Gasteiger charge is -2.37. The average Bonchev–Trinajstić information content (AvgIpc) is 2.62. The van der Waals surface area contributed by atoms with Gasteiger partial charge < -0.3 is 10.6 Å². The van der Waals surface area contributed by atoms with Crippen molar-refractivity contribution in [2.45, 2.75) is 31.3 Å². The molecule has 0 aliphatic carbocycles. The van der Waals surface area contributed by atoms with Gasteiger partial charge in [0.2, 0.25) is 5.91 Å². The maximum absolute atomic E-state index is 12.9. The Morgan fingerprint density at radius 3 is 2.73 bits per heavy atom. The molecule has 1 aliphatic heterocycles. The van der Waals surface area contributed by atoms with Crippen LogP contribution >= 0.6 is 0 Å². The Bertz CT molecular complexity index is 615. The third-order valence-corrected chi connectivity index (χ3v) is 4.28. The standard InChI is InChI=1S/C18H21N3O/c19-17(14-7-2-1-3-8-14)18(22)21-12-5-4-10-16(21)15-9-6-11-20-13-15/h1-3,6-9,11,13,16-17H,4-5,10,12,19H2/t16-,17+/m1/s1. The maximum atomic E-state index is 12.9. The first-order valence-corrected chi connectivity index (χ1v) is 7.78. The van der Waals surface area contributed by atoms with Gasteiger partial charge in [0.25, 0.3) is 0 Å². The summed E-state index contributed by atoms with van der Waals surface area (Å²) >= 11 is 0. The molecule has 1 saturated heterocycles. The second kappa shape index (κ2) is 6.71. The van der Waals surface area contributed by atoms with Gasteiger partial charge in [0, 0.05) is 18.9 Å². The zero-order chi connectivity index (χ0) is 15.4. The van der Waals surface area contributed by atoms with Gasteiger partial charge in [-0.05, 0) is 36.5 Å². The number of benzene rings is 1. The lowest BCUT2D eigenvalue weighted by atomic mass is 9.94. The fourth-order valence-electron chi connectivity index (χ4n) is 3.10. The molecule has 0 spiro atoms. The van der Waals surface area contributed by atoms with E-state index in [9.17, 15) is 4.79 Å². The van der Waals surface area contributed by atoms with Crippen molar-refractivity contribution in [3.05, 3.63) is 66.0 Å². The van der Waals surface area contributed by atoms with Crippen molar-refractivity contribution >= 4 is 5.91 Å². The SMILES string of the molecule is N[C@H](C(=O)N1CCCC[C@@H]1c1cccnc1)c1ccccc1. The Hall–Kier alpha value is -2.20. The number of pyridine rings is 1. The second-order valence-electron chi connectivity index (χ2n) is 5.72. The van der Waals surface area contributed by atoms with Crippen LogP contribution in [0.15, 0.2) is 54.9 Å². The molecule has 3 rings (SSSR count). The summed E-state index contributed by atoms with van der Waals surface area (Å²) in [6.07, 6.45) is 6.74. The van der Waals surface area contributed by atoms with Crippen LogP contribution in [-0.4, -0.2) is 22.3 Å². The minimum Gasteiger partial charge on any atom is -0.334 e. The van der Waals surface area contributed by atoms with Crippen LogP contribution in [0.2, 0.25) is 0 Å². The number of nitrogens with two attached hydrogens (primary N) is 1. The molecular formula is C18H21N3O. The molecule has 4 heteroatoms. The second-order valence-corrected chi connectivity index (χ2v) is 5.72. The highest BCUT2D eigenvalue weighted by Crippen LogP contribution is 2.32. The number of hydrogen-bond acceptors (Lipinski definition) is 3. The molecule has 114 valence electrons. The molecule has 2 heterocycles. The van der Waals surface area contributed by atoms with Gasteiger partial charge in [0.05, 0.1) is 6.04 Å². The van der Waals surface area contributed by atoms with Gasteiger partial charge in [-0.3, -0.25) is 9.78 Å². The minimum atomic E-state index is -0.599. The van der Waals surface area contributed by atoms with Crippen molar-refractivity contribution < 1.29 is 4.79 Å². The zero-order valence-corrected chi connectivity index (χ0v) is 12.6. The molecular weight excluding hydrogens is 274 g/mol. The summed E-state index contributed by atoms with van der Waals surface area (Å²) in [5.41, 5.74) is 8.16. The minimum absolute atomic E-state index is 0.000229. The number of aromatic nitrogens is 1. The number of carbonyl (C=O) groups is 1. The van der Waals surface area contributed by atoms with Crippen LogP contribution < -0.4 is 5.73 Å². The maximum Gasteiger partial charge on any atom is 0.244 e. The Balaban J connectivity index is 1.83. The number of hydrogen-bond donors (Lipinski definition) is 1. The van der Waals surface area contributed by atoms with Crippen LogP contribution in [-0.2, 0) is 4.79 Å². The van der Waals surface area contributed by atoms with E-state index in [0.717, 1.165) is 36.9 Å². The number of likely N-dealkylation sites (tertiary alicyclic amines) is 1. The van der Waals surface area contributed by atoms with Crippen LogP contribution in [0.3, 0.4) is 0 Å². The first kappa shape index (κ1) is 14.7. The van der Waals surface area contributed by atoms with Gasteiger partial charge in [0.1, 0.15) is 6.04 Å². The number of rotatable bonds is 3. The summed E-state index contributed by atoms with van der Waals surface area (Å²) in [5, 5.41) is 0. The van der Waals surface area contributed by atoms with Crippen molar-refractivity contribution in [3.63, 3.8) is 0 Å². The van der Waals surface area contributed by atoms with Crippen LogP contribution in [0.4, 0.5) is 0 Å². The number of amides is 1. The summed E-state index contributed by atoms with van der Waals surface area (Å²) in [5.74, 6) is -0.000229. The summed E-state index contributed by atoms with van der Waals surface area (Å²) in [7, 11) is 0. The topological polar surface area (TPSA) is 59.2 Å². The van der Waals surface area contributed by atoms with Crippen LogP contribution in [0, 0.1) is 0 Å². The largest absolute Gasteiger partial charge is 0.334 e. The van der Waals surface area contributed by atoms with Crippen molar-refractivity contribution in [2.24, 2.45) is 5.73 Å². The smallest absolute Gasteiger partial charge is 0.244 e. The molecule has 0 saturated carbocycles. The third kappa shape index (κ3) is 3.02. The van der Waals surface area contributed by atoms with E-state index < -0.39 is 6.04 Å². The molecule has 1 aliphatic rings. The molecule has 2 aromatic rings. The number of nitrogens with zero attached hydrogens (tertiary/aromatic N) is 2. The van der Waals surface area contributed by atoms with E-state index in [0.29, 0.717) is 0 Å². The Morgan fingerprint density at radius 2 is 2.00 bits per heavy atom. The van der Waals surface area contributed by atoms with E-state index in [1.165, 1.54) is 0 Å². The fourth-order valence-corrected chi connectivity index (χ4v) is 3.10. The van der Waals surface area contributed by atoms with E-state index >= 15 is 0 Å². The van der Waals surface area contributed by atoms with Crippen LogP contribution in [0.1, 0.15) is 42.5 Å². The molecule has 2 N–H and O–H groups in total. The first-order valence-electron chi connectivity index (χ1n) is 7.78. The highest BCUT2D eigenvalue weighted by atomic mass is 16.2. The van der Waals surface area contributed by atoms with Crippen molar-refractivity contribution in [1.82, 2.24) is 9.88 Å². The zero-order valence-electron chi connectivity index (χ0n) is 12.6. The van der Waals surface area contributed by atoms with E-state index in [-0.39, 0.29) is 11.9 Å².